The van der Waals surface area contributed by atoms with Crippen molar-refractivity contribution in [3.8, 4) is 0 Å². The Kier molecular flexibility index (Phi) is 2.71. The van der Waals surface area contributed by atoms with Gasteiger partial charge >= 0.3 is 7.13 Å². The minimum Gasteiger partial charge on any atom is -0.365 e. The van der Waals surface area contributed by atoms with E-state index in [4.69, 9.17) is 0 Å². The molecule has 0 aliphatic rings. The Morgan fingerprint density at radius 1 is 1.60 bits per heavy atom. The molecule has 0 aromatic rings. The maximum atomic E-state index is 10.6. The van der Waals surface area contributed by atoms with Gasteiger partial charge in [-0.2, -0.15) is 8.39 Å². The highest BCUT2D eigenvalue weighted by molar-refractivity contribution is 7.77. The first kappa shape index (κ1) is 5.31. The Morgan fingerprint density at radius 2 is 1.80 bits per heavy atom. The summed E-state index contributed by atoms with van der Waals surface area (Å²) in [5.41, 5.74) is 4.33. The van der Waals surface area contributed by atoms with E-state index < -0.39 is 8.42 Å². The Hall–Kier alpha value is 0.315. The van der Waals surface area contributed by atoms with Crippen LogP contribution < -0.4 is 5.64 Å². The highest BCUT2D eigenvalue weighted by Crippen LogP contribution is 2.33. The molecule has 0 aliphatic heterocycles. The van der Waals surface area contributed by atoms with Crippen molar-refractivity contribution in [2.75, 3.05) is 0 Å². The predicted octanol–water partition coefficient (Wildman–Crippen LogP) is 0.730. The van der Waals surface area contributed by atoms with E-state index in [0.29, 0.717) is 7.13 Å². The summed E-state index contributed by atoms with van der Waals surface area (Å²) in [6.45, 7) is 0. The lowest BCUT2D eigenvalue weighted by Crippen LogP contribution is -1.95. The average Bonchev–Trinajstić information content (AvgIpc) is 1.38. The van der Waals surface area contributed by atoms with Gasteiger partial charge in [0.25, 0.3) is 0 Å². The molecule has 0 spiro atoms. The molecule has 0 heterocycles. The van der Waals surface area contributed by atoms with Crippen molar-refractivity contribution in [3.63, 3.8) is 0 Å². The maximum absolute atomic E-state index is 10.6. The summed E-state index contributed by atoms with van der Waals surface area (Å²) in [7, 11) is -2.55. The van der Waals surface area contributed by atoms with E-state index >= 15 is 0 Å². The molecular weight excluding hydrogens is 93.8 g/mol. The van der Waals surface area contributed by atoms with Gasteiger partial charge in [0.05, 0.1) is 0 Å². The summed E-state index contributed by atoms with van der Waals surface area (Å²) in [4.78, 5) is 0. The molecule has 0 saturated heterocycles. The minimum absolute atomic E-state index is 0.398. The Morgan fingerprint density at radius 3 is 1.80 bits per heavy atom. The monoisotopic (exact) mass is 96.0 g/mol. The number of halogens is 2. The zero-order valence-corrected chi connectivity index (χ0v) is 3.25. The van der Waals surface area contributed by atoms with Gasteiger partial charge in [-0.15, -0.1) is 0 Å². The molecule has 2 N–H and O–H groups in total. The van der Waals surface area contributed by atoms with Crippen LogP contribution in [0.1, 0.15) is 0 Å². The van der Waals surface area contributed by atoms with Gasteiger partial charge in [0, 0.05) is 0 Å². The average molecular weight is 95.8 g/mol. The SMILES string of the molecule is N[B]P(F)F. The molecule has 0 aliphatic carbocycles. The maximum Gasteiger partial charge on any atom is 0.326 e. The van der Waals surface area contributed by atoms with E-state index in [0.717, 1.165) is 0 Å². The number of nitrogens with two attached hydrogens (primary N) is 1. The molecule has 0 unspecified atom stereocenters. The van der Waals surface area contributed by atoms with Crippen molar-refractivity contribution in [3.05, 3.63) is 0 Å². The molecule has 0 aromatic carbocycles. The minimum atomic E-state index is -2.95. The lowest BCUT2D eigenvalue weighted by molar-refractivity contribution is 0.771. The summed E-state index contributed by atoms with van der Waals surface area (Å²) in [5.74, 6) is 0. The lowest BCUT2D eigenvalue weighted by atomic mass is 10.5. The fourth-order valence-electron chi connectivity index (χ4n) is 0. The molecule has 29 valence electrons. The second kappa shape index (κ2) is 2.55. The molecule has 0 amide bonds. The summed E-state index contributed by atoms with van der Waals surface area (Å²) in [5, 5.41) is 0. The van der Waals surface area contributed by atoms with Crippen LogP contribution in [0.3, 0.4) is 0 Å². The highest BCUT2D eigenvalue weighted by atomic mass is 31.2. The van der Waals surface area contributed by atoms with Crippen LogP contribution in [-0.2, 0) is 0 Å². The van der Waals surface area contributed by atoms with Gasteiger partial charge in [-0.1, -0.05) is 0 Å². The first-order valence-electron chi connectivity index (χ1n) is 0.930. The zero-order valence-electron chi connectivity index (χ0n) is 2.36. The smallest absolute Gasteiger partial charge is 0.326 e. The molecule has 0 bridgehead atoms. The molecule has 0 atom stereocenters. The van der Waals surface area contributed by atoms with Crippen molar-refractivity contribution in [1.82, 2.24) is 0 Å². The number of hydrogen-bond donors (Lipinski definition) is 1. The van der Waals surface area contributed by atoms with E-state index in [2.05, 4.69) is 5.64 Å². The molecule has 0 aromatic heterocycles. The second-order valence-electron chi connectivity index (χ2n) is 0.408. The molecule has 5 heavy (non-hydrogen) atoms. The van der Waals surface area contributed by atoms with Crippen LogP contribution >= 0.6 is 8.42 Å². The normalized spacial score (nSPS) is 8.80. The van der Waals surface area contributed by atoms with Gasteiger partial charge in [-0.05, 0) is 0 Å². The van der Waals surface area contributed by atoms with Crippen LogP contribution in [-0.4, -0.2) is 7.13 Å². The fourth-order valence-corrected chi connectivity index (χ4v) is 0. The molecular formula is H2BF2NP. The van der Waals surface area contributed by atoms with Gasteiger partial charge in [0.1, 0.15) is 0 Å². The van der Waals surface area contributed by atoms with Gasteiger partial charge < -0.3 is 5.64 Å². The highest BCUT2D eigenvalue weighted by Gasteiger charge is 1.97. The predicted molar refractivity (Wildman–Crippen MR) is 19.1 cm³/mol. The Labute approximate surface area is 30.8 Å². The van der Waals surface area contributed by atoms with Crippen LogP contribution in [0.2, 0.25) is 0 Å². The van der Waals surface area contributed by atoms with Gasteiger partial charge in [-0.3, -0.25) is 0 Å². The largest absolute Gasteiger partial charge is 0.365 e. The van der Waals surface area contributed by atoms with Crippen molar-refractivity contribution in [1.29, 1.82) is 0 Å². The summed E-state index contributed by atoms with van der Waals surface area (Å²) >= 11 is 0. The van der Waals surface area contributed by atoms with Gasteiger partial charge in [-0.25, -0.2) is 0 Å². The third-order valence-electron chi connectivity index (χ3n) is 0.113. The van der Waals surface area contributed by atoms with Gasteiger partial charge in [0.2, 0.25) is 8.42 Å². The van der Waals surface area contributed by atoms with E-state index in [1.165, 1.54) is 0 Å². The van der Waals surface area contributed by atoms with Crippen LogP contribution in [0.25, 0.3) is 0 Å². The van der Waals surface area contributed by atoms with Crippen LogP contribution in [0.4, 0.5) is 8.39 Å². The van der Waals surface area contributed by atoms with E-state index in [-0.39, 0.29) is 0 Å². The third kappa shape index (κ3) is 4.31. The van der Waals surface area contributed by atoms with Crippen LogP contribution in [0.15, 0.2) is 0 Å². The summed E-state index contributed by atoms with van der Waals surface area (Å²) < 4.78 is 21.3. The molecule has 0 fully saturated rings. The lowest BCUT2D eigenvalue weighted by Gasteiger charge is -1.77. The molecule has 1 nitrogen and oxygen atoms in total. The molecule has 1 radical (unpaired) electrons. The number of rotatable bonds is 1. The Bertz CT molecular complexity index is 23.6. The van der Waals surface area contributed by atoms with Crippen LogP contribution in [0.5, 0.6) is 0 Å². The third-order valence-corrected chi connectivity index (χ3v) is 0.338. The van der Waals surface area contributed by atoms with Crippen molar-refractivity contribution in [2.45, 2.75) is 0 Å². The Balaban J connectivity index is 2.54. The molecule has 5 heteroatoms. The zero-order chi connectivity index (χ0) is 4.28. The molecule has 0 saturated carbocycles. The summed E-state index contributed by atoms with van der Waals surface area (Å²) in [6, 6.07) is 0. The first-order chi connectivity index (χ1) is 2.27. The standard InChI is InChI=1S/BF2H2NP/c2-5(3)1-4/h4H2. The van der Waals surface area contributed by atoms with Gasteiger partial charge in [0.15, 0.2) is 0 Å². The van der Waals surface area contributed by atoms with Crippen molar-refractivity contribution in [2.24, 2.45) is 5.64 Å². The fraction of sp³-hybridized carbons (Fsp3) is 0. The van der Waals surface area contributed by atoms with Crippen molar-refractivity contribution >= 4 is 15.6 Å². The molecule has 0 rings (SSSR count). The summed E-state index contributed by atoms with van der Waals surface area (Å²) in [6.07, 6.45) is 0. The van der Waals surface area contributed by atoms with Crippen molar-refractivity contribution < 1.29 is 8.39 Å². The van der Waals surface area contributed by atoms with E-state index in [1.54, 1.807) is 0 Å². The number of hydrogen-bond acceptors (Lipinski definition) is 1. The topological polar surface area (TPSA) is 26.0 Å². The second-order valence-corrected chi connectivity index (χ2v) is 1.22. The first-order valence-corrected chi connectivity index (χ1v) is 2.12. The van der Waals surface area contributed by atoms with Crippen LogP contribution in [0, 0.1) is 0 Å². The van der Waals surface area contributed by atoms with E-state index in [9.17, 15) is 8.39 Å². The van der Waals surface area contributed by atoms with E-state index in [1.807, 2.05) is 0 Å². The quantitative estimate of drug-likeness (QED) is 0.377.